The lowest BCUT2D eigenvalue weighted by atomic mass is 9.42. The molecule has 4 bridgehead atoms. The van der Waals surface area contributed by atoms with Crippen LogP contribution in [-0.4, -0.2) is 160 Å². The van der Waals surface area contributed by atoms with E-state index in [1.807, 2.05) is 136 Å². The summed E-state index contributed by atoms with van der Waals surface area (Å²) >= 11 is 3.17. The molecule has 4 atom stereocenters. The molecule has 4 saturated carbocycles. The van der Waals surface area contributed by atoms with Crippen LogP contribution < -0.4 is 47.9 Å². The van der Waals surface area contributed by atoms with E-state index in [1.54, 1.807) is 48.7 Å². The summed E-state index contributed by atoms with van der Waals surface area (Å²) in [6.07, 6.45) is 19.4. The molecule has 800 valence electrons. The number of carbonyl (C=O) groups excluding carboxylic acids is 4. The first-order chi connectivity index (χ1) is 69.4. The number of thiazole rings is 2. The van der Waals surface area contributed by atoms with Gasteiger partial charge in [0.05, 0.1) is 30.7 Å². The maximum absolute atomic E-state index is 12.2. The molecule has 147 heavy (non-hydrogen) atoms. The van der Waals surface area contributed by atoms with E-state index >= 15 is 0 Å². The normalized spacial score (nSPS) is 16.5. The van der Waals surface area contributed by atoms with Gasteiger partial charge in [0.2, 0.25) is 0 Å². The second kappa shape index (κ2) is 60.9. The molecular weight excluding hydrogens is 1860 g/mol. The number of aromatic nitrogens is 3. The molecule has 0 spiro atoms. The topological polar surface area (TPSA) is 274 Å². The van der Waals surface area contributed by atoms with Crippen LogP contribution in [-0.2, 0) is 57.6 Å². The fourth-order valence-electron chi connectivity index (χ4n) is 19.6. The fraction of sp³-hybridized carbons (Fsp3) is 0.496. The first-order valence-corrected chi connectivity index (χ1v) is 55.1. The number of hydrogen-bond donors (Lipinski definition) is 11. The number of carboxylic acid groups (broad SMARTS) is 1. The van der Waals surface area contributed by atoms with Crippen LogP contribution in [0.25, 0.3) is 39.0 Å². The number of carbonyl (C=O) groups is 5. The number of benzene rings is 8. The summed E-state index contributed by atoms with van der Waals surface area (Å²) < 4.78 is 9.87. The molecule has 0 radical (unpaired) electrons. The molecule has 0 amide bonds. The summed E-state index contributed by atoms with van der Waals surface area (Å²) in [7, 11) is 1.38. The number of allylic oxidation sites excluding steroid dienone is 1. The van der Waals surface area contributed by atoms with Crippen molar-refractivity contribution in [1.29, 1.82) is 0 Å². The number of hydrogen-bond acceptors (Lipinski definition) is 20. The Labute approximate surface area is 891 Å². The Kier molecular flexibility index (Phi) is 51.1. The van der Waals surface area contributed by atoms with Crippen molar-refractivity contribution in [2.45, 2.75) is 348 Å². The van der Waals surface area contributed by atoms with Crippen LogP contribution in [0.4, 0.5) is 10.3 Å². The fourth-order valence-corrected chi connectivity index (χ4v) is 21.3. The van der Waals surface area contributed by atoms with Crippen LogP contribution >= 0.6 is 22.7 Å². The van der Waals surface area contributed by atoms with Gasteiger partial charge in [0.15, 0.2) is 21.8 Å². The zero-order chi connectivity index (χ0) is 108. The van der Waals surface area contributed by atoms with Crippen molar-refractivity contribution in [2.24, 2.45) is 16.7 Å². The van der Waals surface area contributed by atoms with Crippen molar-refractivity contribution < 1.29 is 38.6 Å². The number of esters is 2. The zero-order valence-electron chi connectivity index (χ0n) is 94.3. The summed E-state index contributed by atoms with van der Waals surface area (Å²) in [5.74, 6) is -0.0914. The van der Waals surface area contributed by atoms with Crippen molar-refractivity contribution in [3.05, 3.63) is 289 Å². The summed E-state index contributed by atoms with van der Waals surface area (Å²) in [6.45, 7) is 63.4. The Morgan fingerprint density at radius 3 is 1.23 bits per heavy atom. The number of nitrogens with one attached hydrogen (secondary N) is 10. The minimum atomic E-state index is -0.791. The van der Waals surface area contributed by atoms with E-state index in [-0.39, 0.29) is 40.6 Å². The Morgan fingerprint density at radius 2 is 0.857 bits per heavy atom. The van der Waals surface area contributed by atoms with Crippen molar-refractivity contribution in [2.75, 3.05) is 50.5 Å². The standard InChI is InChI=1S/C17H24N2O2.C16H21NO2.C15H27N.C14H16N2O2S.C14H16N2OS.C13H19NO.3C12H19N/c1-5-21-16(20)15(19-17(2,3)4)10-12-11-18-14-9-7-6-8-13(12)14;1-16(2,3)17-14(15(18)19)10-12-9-8-11-6-4-5-7-13(11)12;1-11(2)16-15-7-12-5-13(3,9-15)8-14(4,6-12)10-15;1-9(2)15-14-16-12(8-19-14)10-4-6-11(7-5-10)13(17)18-3;1-9(2)15-14-16-13(8-18-14)12-6-4-11(5-7-12)10(3)17;1-10(2)14-9-8-12-4-6-13(7-5-12)11(3)15;3*1-10(2)13-9-8-12-6-4-11(3)5-7-12/h6-9,11,15,18-19H,5,10H2,1-4H3;4-7,9,14,17H,8,10H2,1-3H3,(H,18,19);11-12,16H,5-10H2,1-4H3;4-9H,1-3H3,(H,15,16);4-9H,1-3H3,(H,15,16);4-7,10,14H,8-9H2,1-3H3;3*4-7,10,13H,8-9H2,1-3H3. The van der Waals surface area contributed by atoms with Gasteiger partial charge in [0, 0.05) is 115 Å². The number of rotatable bonds is 36. The zero-order valence-corrected chi connectivity index (χ0v) is 95.9. The molecule has 3 heterocycles. The van der Waals surface area contributed by atoms with E-state index in [4.69, 9.17) is 4.74 Å². The maximum atomic E-state index is 12.2. The highest BCUT2D eigenvalue weighted by atomic mass is 32.1. The minimum absolute atomic E-state index is 0.0852. The molecule has 3 aromatic heterocycles. The van der Waals surface area contributed by atoms with Crippen LogP contribution in [0.1, 0.15) is 305 Å². The molecule has 5 aliphatic rings. The predicted molar refractivity (Wildman–Crippen MR) is 622 cm³/mol. The quantitative estimate of drug-likeness (QED) is 0.0129. The van der Waals surface area contributed by atoms with Gasteiger partial charge in [-0.05, 0) is 293 Å². The second-order valence-electron chi connectivity index (χ2n) is 45.1. The number of aliphatic carboxylic acids is 1. The molecular formula is C125H180N12O8S2. The Morgan fingerprint density at radius 1 is 0.469 bits per heavy atom. The molecule has 20 nitrogen and oxygen atoms in total. The molecule has 4 unspecified atom stereocenters. The van der Waals surface area contributed by atoms with Gasteiger partial charge in [-0.2, -0.15) is 0 Å². The number of H-pyrrole nitrogens is 1. The lowest BCUT2D eigenvalue weighted by Crippen LogP contribution is -2.65. The van der Waals surface area contributed by atoms with E-state index in [1.165, 1.54) is 95.7 Å². The van der Waals surface area contributed by atoms with Gasteiger partial charge >= 0.3 is 17.9 Å². The molecule has 0 saturated heterocycles. The number of Topliss-reactive ketones (excluding diaryl/α,β-unsaturated/α-hetero) is 2. The van der Waals surface area contributed by atoms with Crippen molar-refractivity contribution >= 4 is 78.9 Å². The summed E-state index contributed by atoms with van der Waals surface area (Å²) in [5.41, 5.74) is 22.7. The lowest BCUT2D eigenvalue weighted by Gasteiger charge is -2.66. The van der Waals surface area contributed by atoms with Gasteiger partial charge < -0.3 is 56.8 Å². The number of nitrogens with zero attached hydrogens (tertiary/aromatic N) is 2. The number of carboxylic acids is 1. The first-order valence-electron chi connectivity index (χ1n) is 53.4. The Bertz CT molecular complexity index is 5610. The third-order valence-electron chi connectivity index (χ3n) is 25.4. The third-order valence-corrected chi connectivity index (χ3v) is 26.9. The predicted octanol–water partition coefficient (Wildman–Crippen LogP) is 26.9. The number of aromatic amines is 1. The van der Waals surface area contributed by atoms with Crippen LogP contribution in [0.2, 0.25) is 0 Å². The highest BCUT2D eigenvalue weighted by molar-refractivity contribution is 7.14. The van der Waals surface area contributed by atoms with E-state index in [9.17, 15) is 29.1 Å². The van der Waals surface area contributed by atoms with Gasteiger partial charge in [-0.15, -0.1) is 22.7 Å². The number of methoxy groups -OCH3 is 1. The maximum Gasteiger partial charge on any atom is 0.337 e. The molecule has 0 aliphatic heterocycles. The van der Waals surface area contributed by atoms with Crippen LogP contribution in [0, 0.1) is 37.5 Å². The SMILES string of the molecule is CC(=O)c1ccc(-c2csc(NC(C)C)n2)cc1.CC(=O)c1ccc(CCNC(C)C)cc1.CC(C)(C)NC(CC1=CCc2ccccc21)C(=O)O.CC(C)NC12CC3CC(C)(CC(C)(C3)C1)C2.CCOC(=O)C(Cc1c[nH]c2ccccc12)NC(C)(C)C.COC(=O)c1ccc(-c2csc(NC(C)C)n2)cc1.Cc1ccc(CCNC(C)C)cc1.Cc1ccc(CCNC(C)C)cc1.Cc1ccc(CCNC(C)C)cc1. The Hall–Kier alpha value is -10.6. The monoisotopic (exact) mass is 2040 g/mol. The largest absolute Gasteiger partial charge is 0.480 e. The third kappa shape index (κ3) is 46.2. The second-order valence-corrected chi connectivity index (χ2v) is 46.8. The number of ether oxygens (including phenoxy) is 2. The molecule has 11 N–H and O–H groups in total. The molecule has 22 heteroatoms. The summed E-state index contributed by atoms with van der Waals surface area (Å²) in [4.78, 5) is 69.4. The first kappa shape index (κ1) is 123. The number of aryl methyl sites for hydroxylation is 3. The van der Waals surface area contributed by atoms with Gasteiger partial charge in [-0.3, -0.25) is 29.8 Å². The number of ketones is 2. The summed E-state index contributed by atoms with van der Waals surface area (Å²) in [5, 5.41) is 47.0. The van der Waals surface area contributed by atoms with E-state index in [2.05, 4.69) is 317 Å². The van der Waals surface area contributed by atoms with Gasteiger partial charge in [0.25, 0.3) is 0 Å². The van der Waals surface area contributed by atoms with Crippen LogP contribution in [0.15, 0.2) is 217 Å². The van der Waals surface area contributed by atoms with E-state index in [0.717, 1.165) is 130 Å². The molecule has 4 fully saturated rings. The van der Waals surface area contributed by atoms with Gasteiger partial charge in [0.1, 0.15) is 12.1 Å². The minimum Gasteiger partial charge on any atom is -0.480 e. The lowest BCUT2D eigenvalue weighted by molar-refractivity contribution is -0.146. The highest BCUT2D eigenvalue weighted by Gasteiger charge is 2.60. The molecule has 5 aliphatic carbocycles. The molecule has 8 aromatic carbocycles. The summed E-state index contributed by atoms with van der Waals surface area (Å²) in [6, 6.07) is 68.0. The number of para-hydroxylation sites is 1. The van der Waals surface area contributed by atoms with Crippen molar-refractivity contribution in [3.63, 3.8) is 0 Å². The smallest absolute Gasteiger partial charge is 0.337 e. The average molecular weight is 2040 g/mol. The van der Waals surface area contributed by atoms with Gasteiger partial charge in [-0.1, -0.05) is 282 Å². The molecule has 16 rings (SSSR count). The van der Waals surface area contributed by atoms with E-state index < -0.39 is 12.0 Å². The van der Waals surface area contributed by atoms with Crippen molar-refractivity contribution in [3.8, 4) is 22.5 Å². The average Bonchev–Trinajstić information content (AvgIpc) is 1.09. The Balaban J connectivity index is 0.000000225. The van der Waals surface area contributed by atoms with Gasteiger partial charge in [-0.25, -0.2) is 14.8 Å². The number of anilines is 2. The van der Waals surface area contributed by atoms with E-state index in [0.29, 0.717) is 83.7 Å². The molecule has 11 aromatic rings. The van der Waals surface area contributed by atoms with Crippen LogP contribution in [0.5, 0.6) is 0 Å². The number of fused-ring (bicyclic) bond motifs is 2. The van der Waals surface area contributed by atoms with Crippen molar-refractivity contribution in [1.82, 2.24) is 52.2 Å². The highest BCUT2D eigenvalue weighted by Crippen LogP contribution is 2.66. The van der Waals surface area contributed by atoms with Crippen LogP contribution in [0.3, 0.4) is 0 Å².